The molecule has 0 atom stereocenters. The van der Waals surface area contributed by atoms with Crippen LogP contribution in [-0.2, 0) is 14.8 Å². The van der Waals surface area contributed by atoms with Gasteiger partial charge in [0.1, 0.15) is 0 Å². The Morgan fingerprint density at radius 1 is 1.29 bits per heavy atom. The summed E-state index contributed by atoms with van der Waals surface area (Å²) in [4.78, 5) is 2.20. The van der Waals surface area contributed by atoms with E-state index in [2.05, 4.69) is 10.0 Å². The Balaban J connectivity index is 2.47. The largest absolute Gasteiger partial charge is 0.397 e. The first-order valence-corrected chi connectivity index (χ1v) is 8.14. The summed E-state index contributed by atoms with van der Waals surface area (Å²) in [6.45, 7) is 2.71. The van der Waals surface area contributed by atoms with E-state index < -0.39 is 10.0 Å². The maximum Gasteiger partial charge on any atom is 0.240 e. The average molecular weight is 316 g/mol. The molecular weight excluding hydrogens is 292 g/mol. The lowest BCUT2D eigenvalue weighted by Crippen LogP contribution is -2.20. The first-order chi connectivity index (χ1) is 9.86. The molecule has 8 heteroatoms. The molecule has 0 saturated carbocycles. The van der Waals surface area contributed by atoms with Crippen LogP contribution in [0.5, 0.6) is 0 Å². The van der Waals surface area contributed by atoms with Crippen molar-refractivity contribution in [2.75, 3.05) is 58.5 Å². The molecule has 0 aliphatic rings. The highest BCUT2D eigenvalue weighted by atomic mass is 32.2. The van der Waals surface area contributed by atoms with Crippen LogP contribution in [0.3, 0.4) is 0 Å². The van der Waals surface area contributed by atoms with Gasteiger partial charge in [-0.05, 0) is 39.3 Å². The van der Waals surface area contributed by atoms with E-state index in [4.69, 9.17) is 10.5 Å². The second-order valence-electron chi connectivity index (χ2n) is 4.80. The normalized spacial score (nSPS) is 11.8. The Kier molecular flexibility index (Phi) is 6.90. The summed E-state index contributed by atoms with van der Waals surface area (Å²) in [7, 11) is 1.88. The monoisotopic (exact) mass is 316 g/mol. The second kappa shape index (κ2) is 8.18. The average Bonchev–Trinajstić information content (AvgIpc) is 2.43. The molecule has 0 unspecified atom stereocenters. The van der Waals surface area contributed by atoms with Gasteiger partial charge in [-0.15, -0.1) is 0 Å². The summed E-state index contributed by atoms with van der Waals surface area (Å²) in [5.41, 5.74) is 6.94. The van der Waals surface area contributed by atoms with Crippen LogP contribution in [0.15, 0.2) is 23.1 Å². The number of anilines is 2. The number of nitrogens with two attached hydrogens (primary N) is 1. The molecule has 7 nitrogen and oxygen atoms in total. The van der Waals surface area contributed by atoms with E-state index in [1.807, 2.05) is 19.0 Å². The lowest BCUT2D eigenvalue weighted by atomic mass is 10.2. The van der Waals surface area contributed by atoms with E-state index in [-0.39, 0.29) is 4.90 Å². The van der Waals surface area contributed by atoms with Crippen LogP contribution in [0.25, 0.3) is 0 Å². The van der Waals surface area contributed by atoms with Crippen molar-refractivity contribution in [2.24, 2.45) is 0 Å². The summed E-state index contributed by atoms with van der Waals surface area (Å²) in [6.07, 6.45) is 0. The van der Waals surface area contributed by atoms with E-state index >= 15 is 0 Å². The molecule has 0 saturated heterocycles. The zero-order valence-corrected chi connectivity index (χ0v) is 13.5. The molecule has 0 spiro atoms. The number of sulfonamides is 1. The maximum atomic E-state index is 11.6. The number of rotatable bonds is 9. The summed E-state index contributed by atoms with van der Waals surface area (Å²) >= 11 is 0. The summed E-state index contributed by atoms with van der Waals surface area (Å²) in [5, 5.41) is 3.12. The number of nitrogen functional groups attached to an aromatic ring is 1. The molecule has 1 aromatic rings. The number of hydrogen-bond donors (Lipinski definition) is 3. The van der Waals surface area contributed by atoms with Crippen molar-refractivity contribution in [1.29, 1.82) is 0 Å². The van der Waals surface area contributed by atoms with Gasteiger partial charge in [-0.25, -0.2) is 13.1 Å². The fraction of sp³-hybridized carbons (Fsp3) is 0.538. The minimum atomic E-state index is -3.47. The number of benzene rings is 1. The van der Waals surface area contributed by atoms with Crippen LogP contribution in [0.1, 0.15) is 0 Å². The van der Waals surface area contributed by atoms with Gasteiger partial charge in [-0.2, -0.15) is 0 Å². The molecule has 0 aliphatic heterocycles. The van der Waals surface area contributed by atoms with Crippen LogP contribution in [-0.4, -0.2) is 60.8 Å². The predicted molar refractivity (Wildman–Crippen MR) is 85.0 cm³/mol. The molecule has 0 bridgehead atoms. The van der Waals surface area contributed by atoms with Gasteiger partial charge < -0.3 is 20.7 Å². The van der Waals surface area contributed by atoms with Crippen molar-refractivity contribution in [3.8, 4) is 0 Å². The molecule has 21 heavy (non-hydrogen) atoms. The summed E-state index contributed by atoms with van der Waals surface area (Å²) in [5.74, 6) is 0. The molecule has 0 aliphatic carbocycles. The van der Waals surface area contributed by atoms with Crippen LogP contribution in [0, 0.1) is 0 Å². The summed E-state index contributed by atoms with van der Waals surface area (Å²) in [6, 6.07) is 4.60. The number of ether oxygens (including phenoxy) is 1. The molecule has 0 radical (unpaired) electrons. The van der Waals surface area contributed by atoms with Crippen molar-refractivity contribution in [3.63, 3.8) is 0 Å². The van der Waals surface area contributed by atoms with E-state index in [0.29, 0.717) is 31.1 Å². The Morgan fingerprint density at radius 2 is 2.00 bits per heavy atom. The lowest BCUT2D eigenvalue weighted by molar-refractivity contribution is 0.126. The van der Waals surface area contributed by atoms with Gasteiger partial charge in [0.2, 0.25) is 10.0 Å². The van der Waals surface area contributed by atoms with Gasteiger partial charge in [0, 0.05) is 13.1 Å². The molecule has 4 N–H and O–H groups in total. The van der Waals surface area contributed by atoms with Gasteiger partial charge in [0.15, 0.2) is 0 Å². The third-order valence-corrected chi connectivity index (χ3v) is 4.26. The van der Waals surface area contributed by atoms with Crippen LogP contribution in [0.4, 0.5) is 11.4 Å². The van der Waals surface area contributed by atoms with Crippen molar-refractivity contribution in [1.82, 2.24) is 9.62 Å². The first-order valence-electron chi connectivity index (χ1n) is 6.66. The third kappa shape index (κ3) is 5.88. The highest BCUT2D eigenvalue weighted by Crippen LogP contribution is 2.22. The van der Waals surface area contributed by atoms with Gasteiger partial charge >= 0.3 is 0 Å². The Labute approximate surface area is 126 Å². The number of nitrogens with zero attached hydrogens (tertiary/aromatic N) is 1. The van der Waals surface area contributed by atoms with Gasteiger partial charge in [-0.1, -0.05) is 0 Å². The molecule has 0 aromatic heterocycles. The fourth-order valence-electron chi connectivity index (χ4n) is 1.59. The zero-order chi connectivity index (χ0) is 15.9. The summed E-state index contributed by atoms with van der Waals surface area (Å²) < 4.78 is 31.0. The smallest absolute Gasteiger partial charge is 0.240 e. The number of nitrogens with one attached hydrogen (secondary N) is 2. The van der Waals surface area contributed by atoms with Crippen LogP contribution in [0.2, 0.25) is 0 Å². The van der Waals surface area contributed by atoms with E-state index in [9.17, 15) is 8.42 Å². The van der Waals surface area contributed by atoms with Crippen molar-refractivity contribution in [2.45, 2.75) is 4.90 Å². The third-order valence-electron chi connectivity index (χ3n) is 2.85. The van der Waals surface area contributed by atoms with Crippen molar-refractivity contribution in [3.05, 3.63) is 18.2 Å². The number of hydrogen-bond acceptors (Lipinski definition) is 6. The highest BCUT2D eigenvalue weighted by molar-refractivity contribution is 7.89. The quantitative estimate of drug-likeness (QED) is 0.444. The zero-order valence-electron chi connectivity index (χ0n) is 12.7. The van der Waals surface area contributed by atoms with Crippen LogP contribution >= 0.6 is 0 Å². The lowest BCUT2D eigenvalue weighted by Gasteiger charge is -2.12. The Morgan fingerprint density at radius 3 is 2.57 bits per heavy atom. The molecule has 0 heterocycles. The predicted octanol–water partition coefficient (Wildman–Crippen LogP) is 0.167. The second-order valence-corrected chi connectivity index (χ2v) is 6.69. The van der Waals surface area contributed by atoms with Crippen molar-refractivity contribution < 1.29 is 13.2 Å². The van der Waals surface area contributed by atoms with E-state index in [0.717, 1.165) is 6.54 Å². The van der Waals surface area contributed by atoms with E-state index in [1.54, 1.807) is 6.07 Å². The van der Waals surface area contributed by atoms with E-state index in [1.165, 1.54) is 19.2 Å². The van der Waals surface area contributed by atoms with Gasteiger partial charge in [0.05, 0.1) is 29.5 Å². The Bertz CT molecular complexity index is 546. The topological polar surface area (TPSA) is 96.7 Å². The number of likely N-dealkylation sites (N-methyl/N-ethyl adjacent to an activating group) is 1. The molecular formula is C13H24N4O3S. The molecule has 120 valence electrons. The molecule has 1 rings (SSSR count). The Hall–Kier alpha value is -1.35. The molecule has 1 aromatic carbocycles. The van der Waals surface area contributed by atoms with Gasteiger partial charge in [-0.3, -0.25) is 0 Å². The van der Waals surface area contributed by atoms with Gasteiger partial charge in [0.25, 0.3) is 0 Å². The molecule has 0 fully saturated rings. The molecule has 0 amide bonds. The minimum Gasteiger partial charge on any atom is -0.397 e. The van der Waals surface area contributed by atoms with Crippen LogP contribution < -0.4 is 15.8 Å². The fourth-order valence-corrected chi connectivity index (χ4v) is 2.36. The first kappa shape index (κ1) is 17.7. The maximum absolute atomic E-state index is 11.6. The minimum absolute atomic E-state index is 0.148. The van der Waals surface area contributed by atoms with Crippen molar-refractivity contribution >= 4 is 21.4 Å². The standard InChI is InChI=1S/C13H24N4O3S/c1-15-21(18,19)11-4-5-13(12(14)10-11)16-6-8-20-9-7-17(2)3/h4-5,10,15-16H,6-9,14H2,1-3H3. The SMILES string of the molecule is CNS(=O)(=O)c1ccc(NCCOCCN(C)C)c(N)c1. The highest BCUT2D eigenvalue weighted by Gasteiger charge is 2.12.